The normalized spacial score (nSPS) is 24.3. The molecule has 0 spiro atoms. The number of aliphatic hydroxyl groups is 1. The lowest BCUT2D eigenvalue weighted by molar-refractivity contribution is 0.0687. The van der Waals surface area contributed by atoms with Crippen LogP contribution in [0.15, 0.2) is 73.1 Å². The zero-order chi connectivity index (χ0) is 26.7. The van der Waals surface area contributed by atoms with Crippen LogP contribution in [-0.4, -0.2) is 24.6 Å². The van der Waals surface area contributed by atoms with E-state index in [1.54, 1.807) is 32.0 Å². The van der Waals surface area contributed by atoms with Crippen LogP contribution in [0, 0.1) is 17.6 Å². The van der Waals surface area contributed by atoms with Crippen molar-refractivity contribution in [1.82, 2.24) is 19.5 Å². The summed E-state index contributed by atoms with van der Waals surface area (Å²) in [6.07, 6.45) is 4.98. The maximum atomic E-state index is 15.4. The average Bonchev–Trinajstić information content (AvgIpc) is 3.15. The highest BCUT2D eigenvalue weighted by atomic mass is 19.1. The molecule has 39 heavy (non-hydrogen) atoms. The van der Waals surface area contributed by atoms with Gasteiger partial charge in [0.15, 0.2) is 17.4 Å². The highest BCUT2D eigenvalue weighted by Gasteiger charge is 2.84. The Morgan fingerprint density at radius 2 is 1.69 bits per heavy atom. The third-order valence-electron chi connectivity index (χ3n) is 8.74. The molecular weight excluding hydrogens is 498 g/mol. The largest absolute Gasteiger partial charge is 0.454 e. The van der Waals surface area contributed by atoms with E-state index in [1.165, 1.54) is 24.5 Å². The number of nitrogens with zero attached hydrogens (tertiary/aromatic N) is 4. The number of halogens is 2. The second kappa shape index (κ2) is 7.27. The molecule has 194 valence electrons. The zero-order valence-corrected chi connectivity index (χ0v) is 21.3. The molecule has 2 saturated carbocycles. The van der Waals surface area contributed by atoms with Gasteiger partial charge in [-0.15, -0.1) is 0 Å². The predicted molar refractivity (Wildman–Crippen MR) is 140 cm³/mol. The van der Waals surface area contributed by atoms with Crippen LogP contribution in [0.1, 0.15) is 43.9 Å². The molecule has 2 bridgehead atoms. The van der Waals surface area contributed by atoms with Gasteiger partial charge in [-0.2, -0.15) is 0 Å². The van der Waals surface area contributed by atoms with Crippen molar-refractivity contribution in [3.8, 4) is 22.6 Å². The summed E-state index contributed by atoms with van der Waals surface area (Å²) < 4.78 is 38.3. The molecule has 1 unspecified atom stereocenters. The lowest BCUT2D eigenvalue weighted by Crippen LogP contribution is -2.42. The summed E-state index contributed by atoms with van der Waals surface area (Å²) >= 11 is 0. The Kier molecular flexibility index (Phi) is 4.25. The van der Waals surface area contributed by atoms with E-state index in [9.17, 15) is 9.50 Å². The fourth-order valence-electron chi connectivity index (χ4n) is 6.96. The average molecular weight is 523 g/mol. The van der Waals surface area contributed by atoms with Gasteiger partial charge in [0, 0.05) is 46.5 Å². The molecule has 2 aromatic heterocycles. The van der Waals surface area contributed by atoms with Crippen molar-refractivity contribution in [2.75, 3.05) is 0 Å². The number of benzene rings is 3. The quantitative estimate of drug-likeness (QED) is 0.297. The predicted octanol–water partition coefficient (Wildman–Crippen LogP) is 6.21. The number of hydrogen-bond acceptors (Lipinski definition) is 5. The van der Waals surface area contributed by atoms with Crippen LogP contribution in [0.25, 0.3) is 22.2 Å². The molecule has 3 atom stereocenters. The molecule has 3 aromatic carbocycles. The maximum absolute atomic E-state index is 15.4. The number of imidazole rings is 1. The summed E-state index contributed by atoms with van der Waals surface area (Å²) in [5.41, 5.74) is 1.70. The number of ether oxygens (including phenoxy) is 1. The van der Waals surface area contributed by atoms with Gasteiger partial charge in [-0.1, -0.05) is 30.3 Å². The molecule has 0 saturated heterocycles. The van der Waals surface area contributed by atoms with Gasteiger partial charge >= 0.3 is 0 Å². The minimum absolute atomic E-state index is 0.00175. The molecule has 0 radical (unpaired) electrons. The van der Waals surface area contributed by atoms with E-state index < -0.39 is 22.8 Å². The van der Waals surface area contributed by atoms with Gasteiger partial charge in [0.2, 0.25) is 0 Å². The molecule has 3 heterocycles. The van der Waals surface area contributed by atoms with E-state index in [2.05, 4.69) is 14.5 Å². The molecule has 1 aliphatic heterocycles. The third-order valence-corrected chi connectivity index (χ3v) is 8.74. The van der Waals surface area contributed by atoms with E-state index in [1.807, 2.05) is 30.3 Å². The highest BCUT2D eigenvalue weighted by Crippen LogP contribution is 2.83. The van der Waals surface area contributed by atoms with Crippen molar-refractivity contribution in [2.24, 2.45) is 5.92 Å². The molecular formula is C31H24F2N4O2. The molecule has 5 aromatic rings. The zero-order valence-electron chi connectivity index (χ0n) is 21.3. The molecule has 2 fully saturated rings. The van der Waals surface area contributed by atoms with Crippen LogP contribution >= 0.6 is 0 Å². The molecule has 8 heteroatoms. The molecule has 8 rings (SSSR count). The first-order valence-corrected chi connectivity index (χ1v) is 13.0. The van der Waals surface area contributed by atoms with Gasteiger partial charge < -0.3 is 14.4 Å². The molecule has 0 amide bonds. The highest BCUT2D eigenvalue weighted by molar-refractivity contribution is 5.85. The number of aromatic nitrogens is 4. The molecule has 2 aliphatic carbocycles. The summed E-state index contributed by atoms with van der Waals surface area (Å²) in [5, 5.41) is 10.2. The summed E-state index contributed by atoms with van der Waals surface area (Å²) in [6, 6.07) is 17.5. The van der Waals surface area contributed by atoms with E-state index in [4.69, 9.17) is 9.72 Å². The number of rotatable bonds is 5. The summed E-state index contributed by atoms with van der Waals surface area (Å²) in [5.74, 6) is 1.57. The monoisotopic (exact) mass is 522 g/mol. The summed E-state index contributed by atoms with van der Waals surface area (Å²) in [6.45, 7) is 3.21. The van der Waals surface area contributed by atoms with E-state index >= 15 is 4.39 Å². The van der Waals surface area contributed by atoms with Crippen LogP contribution in [-0.2, 0) is 16.6 Å². The Hall–Kier alpha value is -4.17. The van der Waals surface area contributed by atoms with Gasteiger partial charge in [0.1, 0.15) is 23.0 Å². The van der Waals surface area contributed by atoms with Crippen molar-refractivity contribution < 1.29 is 18.6 Å². The van der Waals surface area contributed by atoms with Crippen molar-refractivity contribution in [1.29, 1.82) is 0 Å². The van der Waals surface area contributed by atoms with Gasteiger partial charge in [0.25, 0.3) is 0 Å². The first-order chi connectivity index (χ1) is 18.7. The van der Waals surface area contributed by atoms with Gasteiger partial charge in [0.05, 0.1) is 16.6 Å². The SMILES string of the molecule is CC(C)(O)c1ncc(-c2cc3c(cc2F)nc2n3[C@@]3(c4ccccc4Oc4ccccc4F)CC24C[C@H]43)cn1. The number of hydrogen-bond donors (Lipinski definition) is 1. The molecule has 6 nitrogen and oxygen atoms in total. The Labute approximate surface area is 223 Å². The van der Waals surface area contributed by atoms with Crippen molar-refractivity contribution >= 4 is 11.0 Å². The summed E-state index contributed by atoms with van der Waals surface area (Å²) in [4.78, 5) is 13.5. The number of para-hydroxylation sites is 2. The fourth-order valence-corrected chi connectivity index (χ4v) is 6.96. The first-order valence-electron chi connectivity index (χ1n) is 13.0. The van der Waals surface area contributed by atoms with Gasteiger partial charge in [-0.25, -0.2) is 23.7 Å². The fraction of sp³-hybridized carbons (Fsp3) is 0.258. The smallest absolute Gasteiger partial charge is 0.165 e. The topological polar surface area (TPSA) is 73.1 Å². The Balaban J connectivity index is 1.28. The second-order valence-corrected chi connectivity index (χ2v) is 11.5. The Morgan fingerprint density at radius 3 is 2.41 bits per heavy atom. The van der Waals surface area contributed by atoms with Crippen LogP contribution in [0.4, 0.5) is 8.78 Å². The van der Waals surface area contributed by atoms with Crippen LogP contribution in [0.5, 0.6) is 11.5 Å². The van der Waals surface area contributed by atoms with E-state index in [0.717, 1.165) is 29.7 Å². The maximum Gasteiger partial charge on any atom is 0.165 e. The van der Waals surface area contributed by atoms with Crippen molar-refractivity contribution in [2.45, 2.75) is 43.2 Å². The minimum Gasteiger partial charge on any atom is -0.454 e. The van der Waals surface area contributed by atoms with Crippen molar-refractivity contribution in [3.05, 3.63) is 102 Å². The lowest BCUT2D eigenvalue weighted by Gasteiger charge is -2.40. The Morgan fingerprint density at radius 1 is 0.974 bits per heavy atom. The second-order valence-electron chi connectivity index (χ2n) is 11.5. The number of fused-ring (bicyclic) bond motifs is 4. The van der Waals surface area contributed by atoms with Gasteiger partial charge in [-0.3, -0.25) is 0 Å². The molecule has 3 aliphatic rings. The van der Waals surface area contributed by atoms with E-state index in [-0.39, 0.29) is 17.0 Å². The standard InChI is InChI=1S/C31H24F2N4O2/c1-29(2,38)27-34-14-17(15-35-27)18-11-23-22(12-21(18)33)36-28-30-13-26(30)31(16-30,37(23)28)19-7-3-5-9-24(19)39-25-10-6-4-8-20(25)32/h3-12,14-15,26,38H,13,16H2,1-2H3/t26-,30?,31-/m1/s1. The summed E-state index contributed by atoms with van der Waals surface area (Å²) in [7, 11) is 0. The van der Waals surface area contributed by atoms with Crippen LogP contribution in [0.3, 0.4) is 0 Å². The first kappa shape index (κ1) is 22.8. The minimum atomic E-state index is -1.20. The lowest BCUT2D eigenvalue weighted by atomic mass is 9.68. The van der Waals surface area contributed by atoms with Crippen LogP contribution in [0.2, 0.25) is 0 Å². The Bertz CT molecular complexity index is 1830. The van der Waals surface area contributed by atoms with Crippen molar-refractivity contribution in [3.63, 3.8) is 0 Å². The van der Waals surface area contributed by atoms with Crippen LogP contribution < -0.4 is 4.74 Å². The molecule has 1 N–H and O–H groups in total. The third kappa shape index (κ3) is 2.89. The van der Waals surface area contributed by atoms with Gasteiger partial charge in [-0.05, 0) is 51.0 Å². The van der Waals surface area contributed by atoms with E-state index in [0.29, 0.717) is 28.3 Å².